The molecule has 0 radical (unpaired) electrons. The van der Waals surface area contributed by atoms with Crippen molar-refractivity contribution in [2.24, 2.45) is 0 Å². The third-order valence-electron chi connectivity index (χ3n) is 3.65. The van der Waals surface area contributed by atoms with Crippen LogP contribution < -0.4 is 5.32 Å². The van der Waals surface area contributed by atoms with E-state index in [0.717, 1.165) is 17.7 Å². The summed E-state index contributed by atoms with van der Waals surface area (Å²) in [4.78, 5) is 13.6. The predicted octanol–water partition coefficient (Wildman–Crippen LogP) is 3.77. The number of rotatable bonds is 2. The maximum Gasteiger partial charge on any atom is 0.197 e. The molecule has 2 aromatic rings. The van der Waals surface area contributed by atoms with E-state index in [-0.39, 0.29) is 11.3 Å². The van der Waals surface area contributed by atoms with Crippen molar-refractivity contribution in [3.63, 3.8) is 0 Å². The number of thiophene rings is 1. The van der Waals surface area contributed by atoms with Gasteiger partial charge in [-0.2, -0.15) is 5.26 Å². The number of hydrogen-bond acceptors (Lipinski definition) is 4. The number of ketones is 1. The first kappa shape index (κ1) is 14.6. The summed E-state index contributed by atoms with van der Waals surface area (Å²) in [5.74, 6) is -0.0681. The van der Waals surface area contributed by atoms with Gasteiger partial charge in [0.05, 0.1) is 4.88 Å². The van der Waals surface area contributed by atoms with Crippen LogP contribution in [0.2, 0.25) is 0 Å². The molecule has 1 aliphatic heterocycles. The summed E-state index contributed by atoms with van der Waals surface area (Å²) < 4.78 is 0. The summed E-state index contributed by atoms with van der Waals surface area (Å²) in [6.45, 7) is 4.25. The molecule has 1 aliphatic rings. The summed E-state index contributed by atoms with van der Waals surface area (Å²) in [6, 6.07) is 13.6. The van der Waals surface area contributed by atoms with E-state index in [0.29, 0.717) is 9.75 Å². The first-order valence-electron chi connectivity index (χ1n) is 7.11. The van der Waals surface area contributed by atoms with Crippen molar-refractivity contribution < 1.29 is 4.79 Å². The van der Waals surface area contributed by atoms with Gasteiger partial charge < -0.3 is 5.32 Å². The number of nitrogens with zero attached hydrogens (tertiary/aromatic N) is 1. The highest BCUT2D eigenvalue weighted by atomic mass is 32.1. The largest absolute Gasteiger partial charge is 0.379 e. The van der Waals surface area contributed by atoms with Gasteiger partial charge in [-0.05, 0) is 38.0 Å². The number of nitriles is 1. The lowest BCUT2D eigenvalue weighted by atomic mass is 9.85. The highest BCUT2D eigenvalue weighted by Gasteiger charge is 2.27. The van der Waals surface area contributed by atoms with Crippen LogP contribution in [-0.4, -0.2) is 11.3 Å². The highest BCUT2D eigenvalue weighted by Crippen LogP contribution is 2.30. The average Bonchev–Trinajstić information content (AvgIpc) is 2.95. The molecule has 0 unspecified atom stereocenters. The molecule has 0 fully saturated rings. The Morgan fingerprint density at radius 2 is 2.09 bits per heavy atom. The van der Waals surface area contributed by atoms with E-state index in [1.807, 2.05) is 18.2 Å². The SMILES string of the molecule is CC1(C)Cc2ccccc2/C(=C/C(=O)c2ccc(C#N)s2)N1. The van der Waals surface area contributed by atoms with E-state index in [2.05, 4.69) is 31.3 Å². The zero-order valence-corrected chi connectivity index (χ0v) is 13.3. The number of carbonyl (C=O) groups is 1. The Morgan fingerprint density at radius 3 is 2.82 bits per heavy atom. The first-order chi connectivity index (χ1) is 10.5. The van der Waals surface area contributed by atoms with E-state index < -0.39 is 0 Å². The molecule has 0 aliphatic carbocycles. The van der Waals surface area contributed by atoms with Crippen LogP contribution in [-0.2, 0) is 6.42 Å². The zero-order chi connectivity index (χ0) is 15.7. The molecule has 0 bridgehead atoms. The summed E-state index contributed by atoms with van der Waals surface area (Å²) in [5, 5.41) is 12.3. The third kappa shape index (κ3) is 2.81. The molecule has 3 nitrogen and oxygen atoms in total. The molecular formula is C18H16N2OS. The second-order valence-corrected chi connectivity index (χ2v) is 7.12. The summed E-state index contributed by atoms with van der Waals surface area (Å²) in [6.07, 6.45) is 2.57. The quantitative estimate of drug-likeness (QED) is 0.679. The average molecular weight is 308 g/mol. The minimum absolute atomic E-state index is 0.0681. The van der Waals surface area contributed by atoms with Crippen LogP contribution in [0.4, 0.5) is 0 Å². The molecule has 0 atom stereocenters. The standard InChI is InChI=1S/C18H16N2OS/c1-18(2)10-12-5-3-4-6-14(12)15(20-18)9-16(21)17-8-7-13(11-19)22-17/h3-9,20H,10H2,1-2H3/b15-9-. The topological polar surface area (TPSA) is 52.9 Å². The monoisotopic (exact) mass is 308 g/mol. The number of benzene rings is 1. The Balaban J connectivity index is 1.99. The minimum Gasteiger partial charge on any atom is -0.379 e. The fraction of sp³-hybridized carbons (Fsp3) is 0.222. The molecule has 4 heteroatoms. The van der Waals surface area contributed by atoms with E-state index in [1.54, 1.807) is 18.2 Å². The number of nitrogens with one attached hydrogen (secondary N) is 1. The van der Waals surface area contributed by atoms with Crippen molar-refractivity contribution in [3.05, 3.63) is 63.4 Å². The lowest BCUT2D eigenvalue weighted by Gasteiger charge is -2.35. The summed E-state index contributed by atoms with van der Waals surface area (Å²) >= 11 is 1.23. The van der Waals surface area contributed by atoms with Gasteiger partial charge in [-0.25, -0.2) is 0 Å². The molecular weight excluding hydrogens is 292 g/mol. The Bertz CT molecular complexity index is 808. The molecule has 0 saturated heterocycles. The van der Waals surface area contributed by atoms with Crippen molar-refractivity contribution in [2.45, 2.75) is 25.8 Å². The number of carbonyl (C=O) groups excluding carboxylic acids is 1. The molecule has 2 heterocycles. The summed E-state index contributed by atoms with van der Waals surface area (Å²) in [5.41, 5.74) is 3.08. The Labute approximate surface area is 133 Å². The van der Waals surface area contributed by atoms with Gasteiger partial charge in [0.25, 0.3) is 0 Å². The first-order valence-corrected chi connectivity index (χ1v) is 7.92. The summed E-state index contributed by atoms with van der Waals surface area (Å²) in [7, 11) is 0. The third-order valence-corrected chi connectivity index (χ3v) is 4.65. The lowest BCUT2D eigenvalue weighted by molar-refractivity contribution is 0.105. The van der Waals surface area contributed by atoms with Crippen molar-refractivity contribution >= 4 is 22.8 Å². The molecule has 110 valence electrons. The molecule has 1 aromatic heterocycles. The van der Waals surface area contributed by atoms with Crippen LogP contribution in [0.5, 0.6) is 0 Å². The van der Waals surface area contributed by atoms with Gasteiger partial charge in [0.15, 0.2) is 5.78 Å². The fourth-order valence-electron chi connectivity index (χ4n) is 2.74. The van der Waals surface area contributed by atoms with Crippen LogP contribution in [0.1, 0.15) is 39.5 Å². The Hall–Kier alpha value is -2.38. The second kappa shape index (κ2) is 5.43. The maximum absolute atomic E-state index is 12.4. The molecule has 0 amide bonds. The van der Waals surface area contributed by atoms with Gasteiger partial charge >= 0.3 is 0 Å². The van der Waals surface area contributed by atoms with Crippen LogP contribution >= 0.6 is 11.3 Å². The number of hydrogen-bond donors (Lipinski definition) is 1. The van der Waals surface area contributed by atoms with Crippen LogP contribution in [0.25, 0.3) is 5.70 Å². The smallest absolute Gasteiger partial charge is 0.197 e. The van der Waals surface area contributed by atoms with Crippen molar-refractivity contribution in [3.8, 4) is 6.07 Å². The van der Waals surface area contributed by atoms with Gasteiger partial charge in [0.2, 0.25) is 0 Å². The number of allylic oxidation sites excluding steroid dienone is 1. The Kier molecular flexibility index (Phi) is 3.59. The molecule has 1 aromatic carbocycles. The van der Waals surface area contributed by atoms with E-state index in [9.17, 15) is 4.79 Å². The van der Waals surface area contributed by atoms with Gasteiger partial charge in [-0.1, -0.05) is 24.3 Å². The van der Waals surface area contributed by atoms with Gasteiger partial charge in [0, 0.05) is 22.9 Å². The van der Waals surface area contributed by atoms with Crippen molar-refractivity contribution in [1.82, 2.24) is 5.32 Å². The normalized spacial score (nSPS) is 17.4. The zero-order valence-electron chi connectivity index (χ0n) is 12.5. The van der Waals surface area contributed by atoms with Crippen LogP contribution in [0.3, 0.4) is 0 Å². The van der Waals surface area contributed by atoms with E-state index in [4.69, 9.17) is 5.26 Å². The van der Waals surface area contributed by atoms with Crippen LogP contribution in [0, 0.1) is 11.3 Å². The second-order valence-electron chi connectivity index (χ2n) is 6.04. The molecule has 0 spiro atoms. The predicted molar refractivity (Wildman–Crippen MR) is 88.7 cm³/mol. The molecule has 0 saturated carbocycles. The highest BCUT2D eigenvalue weighted by molar-refractivity contribution is 7.14. The minimum atomic E-state index is -0.0896. The van der Waals surface area contributed by atoms with E-state index >= 15 is 0 Å². The van der Waals surface area contributed by atoms with Gasteiger partial charge in [-0.3, -0.25) is 4.79 Å². The van der Waals surface area contributed by atoms with Crippen LogP contribution in [0.15, 0.2) is 42.5 Å². The molecule has 3 rings (SSSR count). The molecule has 22 heavy (non-hydrogen) atoms. The van der Waals surface area contributed by atoms with Gasteiger partial charge in [-0.15, -0.1) is 11.3 Å². The maximum atomic E-state index is 12.4. The van der Waals surface area contributed by atoms with Crippen molar-refractivity contribution in [2.75, 3.05) is 0 Å². The fourth-order valence-corrected chi connectivity index (χ4v) is 3.45. The van der Waals surface area contributed by atoms with Gasteiger partial charge in [0.1, 0.15) is 10.9 Å². The lowest BCUT2D eigenvalue weighted by Crippen LogP contribution is -2.43. The van der Waals surface area contributed by atoms with E-state index in [1.165, 1.54) is 16.9 Å². The van der Waals surface area contributed by atoms with Crippen molar-refractivity contribution in [1.29, 1.82) is 5.26 Å². The molecule has 1 N–H and O–H groups in total. The number of fused-ring (bicyclic) bond motifs is 1. The Morgan fingerprint density at radius 1 is 1.32 bits per heavy atom.